The van der Waals surface area contributed by atoms with Gasteiger partial charge in [-0.25, -0.2) is 0 Å². The van der Waals surface area contributed by atoms with Gasteiger partial charge < -0.3 is 0 Å². The standard InChI is InChI=1S/C12H22N2/c1-10(2)8-14-12(9-13)7-5-6-11(12,3)4/h10,14H,5-8H2,1-4H3. The molecule has 0 aromatic heterocycles. The van der Waals surface area contributed by atoms with Gasteiger partial charge in [-0.1, -0.05) is 27.7 Å². The molecule has 1 saturated carbocycles. The van der Waals surface area contributed by atoms with Crippen molar-refractivity contribution in [2.45, 2.75) is 52.5 Å². The third kappa shape index (κ3) is 1.93. The van der Waals surface area contributed by atoms with Gasteiger partial charge in [0.25, 0.3) is 0 Å². The minimum Gasteiger partial charge on any atom is -0.299 e. The predicted octanol–water partition coefficient (Wildman–Crippen LogP) is 2.70. The Bertz CT molecular complexity index is 237. The van der Waals surface area contributed by atoms with E-state index in [0.29, 0.717) is 5.92 Å². The van der Waals surface area contributed by atoms with Crippen LogP contribution in [0.25, 0.3) is 0 Å². The molecular formula is C12H22N2. The number of nitrogens with zero attached hydrogens (tertiary/aromatic N) is 1. The van der Waals surface area contributed by atoms with Crippen LogP contribution in [-0.2, 0) is 0 Å². The molecule has 1 aliphatic carbocycles. The first kappa shape index (κ1) is 11.5. The molecule has 1 N–H and O–H groups in total. The lowest BCUT2D eigenvalue weighted by Crippen LogP contribution is -2.52. The molecule has 1 unspecified atom stereocenters. The van der Waals surface area contributed by atoms with Crippen molar-refractivity contribution in [3.63, 3.8) is 0 Å². The Balaban J connectivity index is 2.72. The summed E-state index contributed by atoms with van der Waals surface area (Å²) in [5, 5.41) is 12.8. The molecular weight excluding hydrogens is 172 g/mol. The van der Waals surface area contributed by atoms with Crippen LogP contribution in [0, 0.1) is 22.7 Å². The van der Waals surface area contributed by atoms with Crippen molar-refractivity contribution in [1.82, 2.24) is 5.32 Å². The van der Waals surface area contributed by atoms with E-state index in [1.165, 1.54) is 6.42 Å². The van der Waals surface area contributed by atoms with Gasteiger partial charge in [0, 0.05) is 0 Å². The van der Waals surface area contributed by atoms with Gasteiger partial charge in [-0.3, -0.25) is 5.32 Å². The summed E-state index contributed by atoms with van der Waals surface area (Å²) in [6.45, 7) is 9.71. The van der Waals surface area contributed by atoms with Crippen molar-refractivity contribution < 1.29 is 0 Å². The number of nitriles is 1. The highest BCUT2D eigenvalue weighted by Crippen LogP contribution is 2.45. The normalized spacial score (nSPS) is 30.6. The van der Waals surface area contributed by atoms with E-state index in [-0.39, 0.29) is 11.0 Å². The van der Waals surface area contributed by atoms with E-state index in [4.69, 9.17) is 0 Å². The molecule has 0 aliphatic heterocycles. The fourth-order valence-corrected chi connectivity index (χ4v) is 2.30. The lowest BCUT2D eigenvalue weighted by molar-refractivity contribution is 0.209. The molecule has 0 aromatic carbocycles. The average Bonchev–Trinajstić information content (AvgIpc) is 2.38. The second kappa shape index (κ2) is 3.90. The van der Waals surface area contributed by atoms with E-state index in [9.17, 15) is 5.26 Å². The van der Waals surface area contributed by atoms with Crippen molar-refractivity contribution >= 4 is 0 Å². The molecule has 1 rings (SSSR count). The van der Waals surface area contributed by atoms with Crippen LogP contribution in [0.1, 0.15) is 47.0 Å². The molecule has 0 spiro atoms. The third-order valence-corrected chi connectivity index (χ3v) is 3.51. The Hall–Kier alpha value is -0.550. The number of hydrogen-bond acceptors (Lipinski definition) is 2. The first-order valence-corrected chi connectivity index (χ1v) is 5.60. The highest BCUT2D eigenvalue weighted by atomic mass is 15.0. The van der Waals surface area contributed by atoms with Crippen molar-refractivity contribution in [2.75, 3.05) is 6.54 Å². The first-order valence-electron chi connectivity index (χ1n) is 5.60. The summed E-state index contributed by atoms with van der Waals surface area (Å²) in [5.74, 6) is 0.608. The number of rotatable bonds is 3. The van der Waals surface area contributed by atoms with Crippen molar-refractivity contribution in [2.24, 2.45) is 11.3 Å². The fourth-order valence-electron chi connectivity index (χ4n) is 2.30. The number of hydrogen-bond donors (Lipinski definition) is 1. The minimum atomic E-state index is -0.280. The number of nitrogens with one attached hydrogen (secondary N) is 1. The maximum atomic E-state index is 9.35. The summed E-state index contributed by atoms with van der Waals surface area (Å²) < 4.78 is 0. The van der Waals surface area contributed by atoms with E-state index < -0.39 is 0 Å². The van der Waals surface area contributed by atoms with Crippen LogP contribution in [0.2, 0.25) is 0 Å². The quantitative estimate of drug-likeness (QED) is 0.750. The molecule has 1 aliphatic rings. The second-order valence-corrected chi connectivity index (χ2v) is 5.53. The molecule has 0 saturated heterocycles. The van der Waals surface area contributed by atoms with Gasteiger partial charge >= 0.3 is 0 Å². The topological polar surface area (TPSA) is 35.8 Å². The van der Waals surface area contributed by atoms with Crippen LogP contribution in [0.3, 0.4) is 0 Å². The van der Waals surface area contributed by atoms with Crippen LogP contribution in [0.4, 0.5) is 0 Å². The molecule has 1 atom stereocenters. The van der Waals surface area contributed by atoms with Crippen LogP contribution >= 0.6 is 0 Å². The molecule has 0 amide bonds. The lowest BCUT2D eigenvalue weighted by Gasteiger charge is -2.37. The van der Waals surface area contributed by atoms with Gasteiger partial charge in [0.1, 0.15) is 5.54 Å². The minimum absolute atomic E-state index is 0.122. The van der Waals surface area contributed by atoms with E-state index in [0.717, 1.165) is 19.4 Å². The molecule has 80 valence electrons. The summed E-state index contributed by atoms with van der Waals surface area (Å²) in [6, 6.07) is 2.51. The van der Waals surface area contributed by atoms with Crippen LogP contribution < -0.4 is 5.32 Å². The summed E-state index contributed by atoms with van der Waals surface area (Å²) in [7, 11) is 0. The Kier molecular flexibility index (Phi) is 3.21. The van der Waals surface area contributed by atoms with E-state index >= 15 is 0 Å². The molecule has 2 heteroatoms. The summed E-state index contributed by atoms with van der Waals surface area (Å²) >= 11 is 0. The average molecular weight is 194 g/mol. The molecule has 0 heterocycles. The summed E-state index contributed by atoms with van der Waals surface area (Å²) in [5.41, 5.74) is -0.159. The van der Waals surface area contributed by atoms with E-state index in [1.54, 1.807) is 0 Å². The zero-order valence-electron chi connectivity index (χ0n) is 9.85. The zero-order chi connectivity index (χ0) is 10.8. The predicted molar refractivity (Wildman–Crippen MR) is 58.8 cm³/mol. The molecule has 2 nitrogen and oxygen atoms in total. The van der Waals surface area contributed by atoms with E-state index in [2.05, 4.69) is 39.1 Å². The zero-order valence-corrected chi connectivity index (χ0v) is 9.85. The Morgan fingerprint density at radius 2 is 2.00 bits per heavy atom. The Morgan fingerprint density at radius 1 is 1.36 bits per heavy atom. The molecule has 1 fully saturated rings. The van der Waals surface area contributed by atoms with Gasteiger partial charge in [0.15, 0.2) is 0 Å². The van der Waals surface area contributed by atoms with Crippen molar-refractivity contribution in [3.05, 3.63) is 0 Å². The summed E-state index contributed by atoms with van der Waals surface area (Å²) in [6.07, 6.45) is 3.33. The first-order chi connectivity index (χ1) is 6.43. The van der Waals surface area contributed by atoms with Crippen LogP contribution in [-0.4, -0.2) is 12.1 Å². The molecule has 0 aromatic rings. The van der Waals surface area contributed by atoms with Gasteiger partial charge in [0.2, 0.25) is 0 Å². The molecule has 0 bridgehead atoms. The van der Waals surface area contributed by atoms with Crippen LogP contribution in [0.15, 0.2) is 0 Å². The van der Waals surface area contributed by atoms with E-state index in [1.807, 2.05) is 0 Å². The van der Waals surface area contributed by atoms with Crippen LogP contribution in [0.5, 0.6) is 0 Å². The lowest BCUT2D eigenvalue weighted by atomic mass is 9.75. The maximum Gasteiger partial charge on any atom is 0.111 e. The highest BCUT2D eigenvalue weighted by molar-refractivity contribution is 5.18. The third-order valence-electron chi connectivity index (χ3n) is 3.51. The van der Waals surface area contributed by atoms with Crippen molar-refractivity contribution in [3.8, 4) is 6.07 Å². The molecule has 14 heavy (non-hydrogen) atoms. The fraction of sp³-hybridized carbons (Fsp3) is 0.917. The molecule has 0 radical (unpaired) electrons. The second-order valence-electron chi connectivity index (χ2n) is 5.53. The Morgan fingerprint density at radius 3 is 2.36 bits per heavy atom. The largest absolute Gasteiger partial charge is 0.299 e. The SMILES string of the molecule is CC(C)CNC1(C#N)CCCC1(C)C. The van der Waals surface area contributed by atoms with Gasteiger partial charge in [-0.2, -0.15) is 5.26 Å². The smallest absolute Gasteiger partial charge is 0.111 e. The van der Waals surface area contributed by atoms with Gasteiger partial charge in [-0.05, 0) is 37.1 Å². The van der Waals surface area contributed by atoms with Gasteiger partial charge in [0.05, 0.1) is 6.07 Å². The highest BCUT2D eigenvalue weighted by Gasteiger charge is 2.48. The maximum absolute atomic E-state index is 9.35. The monoisotopic (exact) mass is 194 g/mol. The Labute approximate surface area is 87.7 Å². The summed E-state index contributed by atoms with van der Waals surface area (Å²) in [4.78, 5) is 0. The van der Waals surface area contributed by atoms with Crippen molar-refractivity contribution in [1.29, 1.82) is 5.26 Å². The van der Waals surface area contributed by atoms with Gasteiger partial charge in [-0.15, -0.1) is 0 Å².